The van der Waals surface area contributed by atoms with Crippen LogP contribution in [0, 0.1) is 0 Å². The van der Waals surface area contributed by atoms with Crippen molar-refractivity contribution in [2.24, 2.45) is 0 Å². The van der Waals surface area contributed by atoms with E-state index in [4.69, 9.17) is 4.98 Å². The fourth-order valence-corrected chi connectivity index (χ4v) is 4.63. The first-order chi connectivity index (χ1) is 14.2. The molecule has 4 heteroatoms. The molecule has 0 radical (unpaired) electrons. The molecule has 2 aliphatic rings. The number of hydrogen-bond donors (Lipinski definition) is 0. The summed E-state index contributed by atoms with van der Waals surface area (Å²) in [4.78, 5) is 12.5. The molecule has 29 heavy (non-hydrogen) atoms. The standard InChI is InChI=1S/C25H30N4/c1-27-13-15-28(16-14-27)17-21-6-4-7-22-18-29(19-24(21)22)12-11-23-10-9-20-5-2-3-8-25(20)26-23/h2-10H,11-19H2,1H3. The van der Waals surface area contributed by atoms with E-state index < -0.39 is 0 Å². The van der Waals surface area contributed by atoms with Gasteiger partial charge in [-0.2, -0.15) is 0 Å². The quantitative estimate of drug-likeness (QED) is 0.669. The highest BCUT2D eigenvalue weighted by molar-refractivity contribution is 5.78. The molecule has 4 nitrogen and oxygen atoms in total. The number of rotatable bonds is 5. The third-order valence-corrected chi connectivity index (χ3v) is 6.48. The van der Waals surface area contributed by atoms with Crippen molar-refractivity contribution < 1.29 is 0 Å². The first kappa shape index (κ1) is 18.7. The lowest BCUT2D eigenvalue weighted by atomic mass is 10.0. The van der Waals surface area contributed by atoms with Crippen molar-refractivity contribution in [2.75, 3.05) is 39.8 Å². The summed E-state index contributed by atoms with van der Waals surface area (Å²) in [5, 5.41) is 1.22. The number of fused-ring (bicyclic) bond motifs is 2. The van der Waals surface area contributed by atoms with Crippen molar-refractivity contribution in [3.63, 3.8) is 0 Å². The second kappa shape index (κ2) is 8.23. The Morgan fingerprint density at radius 3 is 2.59 bits per heavy atom. The number of nitrogens with zero attached hydrogens (tertiary/aromatic N) is 4. The van der Waals surface area contributed by atoms with Crippen LogP contribution < -0.4 is 0 Å². The highest BCUT2D eigenvalue weighted by Crippen LogP contribution is 2.27. The molecule has 0 bridgehead atoms. The van der Waals surface area contributed by atoms with Crippen molar-refractivity contribution >= 4 is 10.9 Å². The van der Waals surface area contributed by atoms with E-state index >= 15 is 0 Å². The molecule has 0 N–H and O–H groups in total. The van der Waals surface area contributed by atoms with Crippen molar-refractivity contribution in [1.29, 1.82) is 0 Å². The largest absolute Gasteiger partial charge is 0.304 e. The van der Waals surface area contributed by atoms with E-state index in [1.165, 1.54) is 48.4 Å². The lowest BCUT2D eigenvalue weighted by molar-refractivity contribution is 0.147. The summed E-state index contributed by atoms with van der Waals surface area (Å²) in [6.07, 6.45) is 1.01. The topological polar surface area (TPSA) is 22.6 Å². The Hall–Kier alpha value is -2.27. The maximum absolute atomic E-state index is 4.85. The summed E-state index contributed by atoms with van der Waals surface area (Å²) in [6.45, 7) is 9.02. The van der Waals surface area contributed by atoms with Gasteiger partial charge in [-0.25, -0.2) is 0 Å². The van der Waals surface area contributed by atoms with E-state index in [0.29, 0.717) is 0 Å². The van der Waals surface area contributed by atoms with Gasteiger partial charge in [-0.3, -0.25) is 14.8 Å². The lowest BCUT2D eigenvalue weighted by Gasteiger charge is -2.32. The van der Waals surface area contributed by atoms with E-state index in [9.17, 15) is 0 Å². The molecule has 0 aliphatic carbocycles. The maximum Gasteiger partial charge on any atom is 0.0705 e. The van der Waals surface area contributed by atoms with Crippen LogP contribution in [0.5, 0.6) is 0 Å². The zero-order chi connectivity index (χ0) is 19.6. The van der Waals surface area contributed by atoms with E-state index in [-0.39, 0.29) is 0 Å². The average Bonchev–Trinajstić information content (AvgIpc) is 3.18. The zero-order valence-corrected chi connectivity index (χ0v) is 17.3. The van der Waals surface area contributed by atoms with E-state index in [2.05, 4.69) is 76.3 Å². The maximum atomic E-state index is 4.85. The number of likely N-dealkylation sites (N-methyl/N-ethyl adjacent to an activating group) is 1. The molecule has 1 aromatic heterocycles. The van der Waals surface area contributed by atoms with Gasteiger partial charge in [0.05, 0.1) is 5.52 Å². The van der Waals surface area contributed by atoms with E-state index in [1.54, 1.807) is 5.56 Å². The molecule has 0 amide bonds. The Balaban J connectivity index is 1.22. The van der Waals surface area contributed by atoms with E-state index in [0.717, 1.165) is 38.1 Å². The average molecular weight is 387 g/mol. The van der Waals surface area contributed by atoms with Crippen LogP contribution in [0.2, 0.25) is 0 Å². The minimum Gasteiger partial charge on any atom is -0.304 e. The monoisotopic (exact) mass is 386 g/mol. The highest BCUT2D eigenvalue weighted by atomic mass is 15.2. The number of hydrogen-bond acceptors (Lipinski definition) is 4. The minimum absolute atomic E-state index is 1.01. The van der Waals surface area contributed by atoms with Crippen molar-refractivity contribution in [1.82, 2.24) is 19.7 Å². The van der Waals surface area contributed by atoms with Crippen LogP contribution in [-0.2, 0) is 26.1 Å². The molecule has 1 fully saturated rings. The van der Waals surface area contributed by atoms with Gasteiger partial charge in [-0.05, 0) is 35.9 Å². The summed E-state index contributed by atoms with van der Waals surface area (Å²) in [7, 11) is 2.22. The summed E-state index contributed by atoms with van der Waals surface area (Å²) in [6, 6.07) is 19.7. The van der Waals surface area contributed by atoms with Gasteiger partial charge in [-0.15, -0.1) is 0 Å². The molecule has 0 unspecified atom stereocenters. The number of piperazine rings is 1. The lowest BCUT2D eigenvalue weighted by Crippen LogP contribution is -2.44. The van der Waals surface area contributed by atoms with Crippen molar-refractivity contribution in [2.45, 2.75) is 26.1 Å². The van der Waals surface area contributed by atoms with Crippen LogP contribution in [0.25, 0.3) is 10.9 Å². The molecule has 0 atom stereocenters. The van der Waals surface area contributed by atoms with Crippen LogP contribution in [0.4, 0.5) is 0 Å². The molecule has 0 spiro atoms. The van der Waals surface area contributed by atoms with Gasteiger partial charge < -0.3 is 4.90 Å². The van der Waals surface area contributed by atoms with Crippen LogP contribution in [-0.4, -0.2) is 59.5 Å². The second-order valence-corrected chi connectivity index (χ2v) is 8.59. The Bertz CT molecular complexity index is 991. The SMILES string of the molecule is CN1CCN(Cc2cccc3c2CN(CCc2ccc4ccccc4n2)C3)CC1. The molecule has 3 heterocycles. The predicted molar refractivity (Wildman–Crippen MR) is 119 cm³/mol. The Kier molecular flexibility index (Phi) is 5.32. The third-order valence-electron chi connectivity index (χ3n) is 6.48. The normalized spacial score (nSPS) is 18.4. The smallest absolute Gasteiger partial charge is 0.0705 e. The van der Waals surface area contributed by atoms with Crippen LogP contribution >= 0.6 is 0 Å². The number of aromatic nitrogens is 1. The Labute approximate surface area is 173 Å². The van der Waals surface area contributed by atoms with Crippen molar-refractivity contribution in [3.05, 3.63) is 77.0 Å². The molecule has 0 saturated carbocycles. The Morgan fingerprint density at radius 2 is 1.69 bits per heavy atom. The zero-order valence-electron chi connectivity index (χ0n) is 17.3. The summed E-state index contributed by atoms with van der Waals surface area (Å²) in [5.41, 5.74) is 6.90. The van der Waals surface area contributed by atoms with Gasteiger partial charge in [0.2, 0.25) is 0 Å². The summed E-state index contributed by atoms with van der Waals surface area (Å²) < 4.78 is 0. The van der Waals surface area contributed by atoms with Crippen molar-refractivity contribution in [3.8, 4) is 0 Å². The Morgan fingerprint density at radius 1 is 0.828 bits per heavy atom. The third kappa shape index (κ3) is 4.20. The number of pyridine rings is 1. The van der Waals surface area contributed by atoms with Gasteiger partial charge in [0.25, 0.3) is 0 Å². The van der Waals surface area contributed by atoms with Gasteiger partial charge in [0.15, 0.2) is 0 Å². The minimum atomic E-state index is 1.01. The first-order valence-corrected chi connectivity index (χ1v) is 10.8. The van der Waals surface area contributed by atoms with Gasteiger partial charge in [0.1, 0.15) is 0 Å². The molecule has 2 aromatic carbocycles. The number of para-hydroxylation sites is 1. The van der Waals surface area contributed by atoms with Crippen LogP contribution in [0.1, 0.15) is 22.4 Å². The molecule has 3 aromatic rings. The van der Waals surface area contributed by atoms with Gasteiger partial charge >= 0.3 is 0 Å². The second-order valence-electron chi connectivity index (χ2n) is 8.59. The van der Waals surface area contributed by atoms with Crippen LogP contribution in [0.15, 0.2) is 54.6 Å². The molecular formula is C25H30N4. The van der Waals surface area contributed by atoms with Gasteiger partial charge in [-0.1, -0.05) is 42.5 Å². The molecule has 2 aliphatic heterocycles. The fourth-order valence-electron chi connectivity index (χ4n) is 4.63. The molecule has 150 valence electrons. The van der Waals surface area contributed by atoms with Gasteiger partial charge in [0, 0.05) is 69.9 Å². The van der Waals surface area contributed by atoms with E-state index in [1.807, 2.05) is 0 Å². The van der Waals surface area contributed by atoms with Crippen LogP contribution in [0.3, 0.4) is 0 Å². The fraction of sp³-hybridized carbons (Fsp3) is 0.400. The molecule has 1 saturated heterocycles. The summed E-state index contributed by atoms with van der Waals surface area (Å²) in [5.74, 6) is 0. The molecule has 5 rings (SSSR count). The number of benzene rings is 2. The molecular weight excluding hydrogens is 356 g/mol. The predicted octanol–water partition coefficient (Wildman–Crippen LogP) is 3.54. The highest BCUT2D eigenvalue weighted by Gasteiger charge is 2.23. The summed E-state index contributed by atoms with van der Waals surface area (Å²) >= 11 is 0. The first-order valence-electron chi connectivity index (χ1n) is 10.8.